The quantitative estimate of drug-likeness (QED) is 0.780. The first-order valence-electron chi connectivity index (χ1n) is 8.20. The van der Waals surface area contributed by atoms with Crippen LogP contribution < -0.4 is 4.90 Å². The van der Waals surface area contributed by atoms with Crippen LogP contribution in [0.2, 0.25) is 0 Å². The van der Waals surface area contributed by atoms with Crippen molar-refractivity contribution >= 4 is 23.5 Å². The number of fused-ring (bicyclic) bond motifs is 1. The molecule has 0 radical (unpaired) electrons. The first-order chi connectivity index (χ1) is 11.2. The Morgan fingerprint density at radius 1 is 1.25 bits per heavy atom. The molecule has 0 spiro atoms. The number of hydrogen-bond acceptors (Lipinski definition) is 3. The zero-order valence-corrected chi connectivity index (χ0v) is 14.7. The van der Waals surface area contributed by atoms with Crippen molar-refractivity contribution in [3.8, 4) is 0 Å². The molecule has 0 unspecified atom stereocenters. The molecule has 0 aromatic heterocycles. The number of likely N-dealkylation sites (N-methyl/N-ethyl adjacent to an activating group) is 1. The van der Waals surface area contributed by atoms with Gasteiger partial charge in [-0.05, 0) is 45.7 Å². The molecule has 0 aliphatic carbocycles. The fourth-order valence-corrected chi connectivity index (χ4v) is 3.48. The van der Waals surface area contributed by atoms with E-state index in [2.05, 4.69) is 0 Å². The van der Waals surface area contributed by atoms with Gasteiger partial charge < -0.3 is 9.80 Å². The van der Waals surface area contributed by atoms with Crippen molar-refractivity contribution in [3.63, 3.8) is 0 Å². The second kappa shape index (κ2) is 5.33. The van der Waals surface area contributed by atoms with Crippen LogP contribution in [0, 0.1) is 0 Å². The Hall–Kier alpha value is -2.37. The van der Waals surface area contributed by atoms with E-state index in [0.29, 0.717) is 0 Å². The van der Waals surface area contributed by atoms with Crippen LogP contribution in [-0.4, -0.2) is 52.3 Å². The molecule has 1 aromatic carbocycles. The van der Waals surface area contributed by atoms with Crippen LogP contribution in [0.3, 0.4) is 0 Å². The van der Waals surface area contributed by atoms with Crippen LogP contribution in [0.15, 0.2) is 24.3 Å². The summed E-state index contributed by atoms with van der Waals surface area (Å²) in [5, 5.41) is 0. The molecule has 0 saturated carbocycles. The van der Waals surface area contributed by atoms with Gasteiger partial charge in [-0.3, -0.25) is 9.59 Å². The van der Waals surface area contributed by atoms with Crippen molar-refractivity contribution in [3.05, 3.63) is 29.8 Å². The van der Waals surface area contributed by atoms with Crippen molar-refractivity contribution < 1.29 is 14.4 Å². The van der Waals surface area contributed by atoms with Crippen LogP contribution in [-0.2, 0) is 16.0 Å². The number of imide groups is 1. The predicted octanol–water partition coefficient (Wildman–Crippen LogP) is 2.03. The summed E-state index contributed by atoms with van der Waals surface area (Å²) < 4.78 is 0. The van der Waals surface area contributed by atoms with Gasteiger partial charge in [-0.2, -0.15) is 0 Å². The van der Waals surface area contributed by atoms with Gasteiger partial charge in [-0.25, -0.2) is 9.69 Å². The third kappa shape index (κ3) is 2.12. The van der Waals surface area contributed by atoms with Gasteiger partial charge in [0.1, 0.15) is 11.6 Å². The lowest BCUT2D eigenvalue weighted by Gasteiger charge is -2.29. The van der Waals surface area contributed by atoms with E-state index < -0.39 is 17.6 Å². The van der Waals surface area contributed by atoms with E-state index in [1.54, 1.807) is 32.7 Å². The second-order valence-corrected chi connectivity index (χ2v) is 7.14. The van der Waals surface area contributed by atoms with Crippen LogP contribution in [0.1, 0.15) is 33.3 Å². The lowest BCUT2D eigenvalue weighted by Crippen LogP contribution is -2.52. The second-order valence-electron chi connectivity index (χ2n) is 7.14. The number of hydrogen-bond donors (Lipinski definition) is 0. The molecule has 2 aliphatic rings. The summed E-state index contributed by atoms with van der Waals surface area (Å²) >= 11 is 0. The first-order valence-corrected chi connectivity index (χ1v) is 8.20. The predicted molar refractivity (Wildman–Crippen MR) is 90.6 cm³/mol. The normalized spacial score (nSPS) is 23.7. The number of benzene rings is 1. The third-order valence-electron chi connectivity index (χ3n) is 5.26. The number of nitrogens with zero attached hydrogens (tertiary/aromatic N) is 3. The number of para-hydroxylation sites is 1. The monoisotopic (exact) mass is 329 g/mol. The number of rotatable bonds is 2. The smallest absolute Gasteiger partial charge is 0.313 e. The van der Waals surface area contributed by atoms with Gasteiger partial charge in [0, 0.05) is 18.8 Å². The average molecular weight is 329 g/mol. The molecule has 24 heavy (non-hydrogen) atoms. The first kappa shape index (κ1) is 16.5. The van der Waals surface area contributed by atoms with Gasteiger partial charge in [-0.1, -0.05) is 18.2 Å². The number of urea groups is 1. The Balaban J connectivity index is 1.91. The Morgan fingerprint density at radius 2 is 1.88 bits per heavy atom. The summed E-state index contributed by atoms with van der Waals surface area (Å²) in [6, 6.07) is 6.52. The minimum atomic E-state index is -0.930. The van der Waals surface area contributed by atoms with Crippen molar-refractivity contribution in [1.29, 1.82) is 0 Å². The number of anilines is 1. The molecule has 3 rings (SSSR count). The largest absolute Gasteiger partial charge is 0.328 e. The maximum absolute atomic E-state index is 13.1. The van der Waals surface area contributed by atoms with Crippen molar-refractivity contribution in [2.24, 2.45) is 0 Å². The Kier molecular flexibility index (Phi) is 3.66. The van der Waals surface area contributed by atoms with Crippen molar-refractivity contribution in [2.75, 3.05) is 11.9 Å². The van der Waals surface area contributed by atoms with E-state index in [4.69, 9.17) is 0 Å². The summed E-state index contributed by atoms with van der Waals surface area (Å²) in [5.74, 6) is -0.559. The van der Waals surface area contributed by atoms with E-state index in [1.807, 2.05) is 31.2 Å². The van der Waals surface area contributed by atoms with E-state index >= 15 is 0 Å². The highest BCUT2D eigenvalue weighted by molar-refractivity contribution is 6.11. The molecule has 128 valence electrons. The standard InChI is InChI=1S/C18H23N3O3/c1-11-10-13-8-6-7-9-14(13)20(11)15(22)12(2)21-16(23)18(3,4)19(5)17(21)24/h6-9,11-12H,10H2,1-5H3/t11-,12-/m0/s1. The van der Waals surface area contributed by atoms with Crippen molar-refractivity contribution in [2.45, 2.75) is 51.7 Å². The molecule has 0 N–H and O–H groups in total. The van der Waals surface area contributed by atoms with Gasteiger partial charge in [0.15, 0.2) is 0 Å². The molecular formula is C18H23N3O3. The van der Waals surface area contributed by atoms with Crippen LogP contribution >= 0.6 is 0 Å². The molecule has 6 nitrogen and oxygen atoms in total. The summed E-state index contributed by atoms with van der Waals surface area (Å²) in [5.41, 5.74) is 1.05. The SMILES string of the molecule is C[C@@H](C(=O)N1c2ccccc2C[C@@H]1C)N1C(=O)N(C)C(C)(C)C1=O. The van der Waals surface area contributed by atoms with Gasteiger partial charge in [0.25, 0.3) is 5.91 Å². The third-order valence-corrected chi connectivity index (χ3v) is 5.26. The molecule has 0 bridgehead atoms. The number of carbonyl (C=O) groups excluding carboxylic acids is 3. The Morgan fingerprint density at radius 3 is 2.46 bits per heavy atom. The molecule has 4 amide bonds. The molecule has 2 aliphatic heterocycles. The highest BCUT2D eigenvalue weighted by Crippen LogP contribution is 2.34. The van der Waals surface area contributed by atoms with Gasteiger partial charge in [-0.15, -0.1) is 0 Å². The highest BCUT2D eigenvalue weighted by Gasteiger charge is 2.53. The van der Waals surface area contributed by atoms with Crippen molar-refractivity contribution in [1.82, 2.24) is 9.80 Å². The van der Waals surface area contributed by atoms with Gasteiger partial charge >= 0.3 is 6.03 Å². The average Bonchev–Trinajstić information content (AvgIpc) is 2.94. The van der Waals surface area contributed by atoms with E-state index in [0.717, 1.165) is 22.6 Å². The molecule has 1 aromatic rings. The fourth-order valence-electron chi connectivity index (χ4n) is 3.48. The minimum absolute atomic E-state index is 0.0101. The Labute approximate surface area is 142 Å². The molecule has 6 heteroatoms. The van der Waals surface area contributed by atoms with Crippen LogP contribution in [0.4, 0.5) is 10.5 Å². The van der Waals surface area contributed by atoms with Crippen LogP contribution in [0.5, 0.6) is 0 Å². The Bertz CT molecular complexity index is 728. The summed E-state index contributed by atoms with van der Waals surface area (Å²) in [4.78, 5) is 42.4. The molecule has 2 atom stereocenters. The van der Waals surface area contributed by atoms with Gasteiger partial charge in [0.05, 0.1) is 0 Å². The lowest BCUT2D eigenvalue weighted by atomic mass is 10.0. The lowest BCUT2D eigenvalue weighted by molar-refractivity contribution is -0.137. The topological polar surface area (TPSA) is 60.9 Å². The minimum Gasteiger partial charge on any atom is -0.313 e. The molecule has 2 heterocycles. The molecule has 1 saturated heterocycles. The zero-order chi connectivity index (χ0) is 17.8. The summed E-state index contributed by atoms with van der Waals surface area (Å²) in [6.07, 6.45) is 0.780. The maximum atomic E-state index is 13.1. The van der Waals surface area contributed by atoms with Crippen LogP contribution in [0.25, 0.3) is 0 Å². The van der Waals surface area contributed by atoms with E-state index in [-0.39, 0.29) is 17.9 Å². The van der Waals surface area contributed by atoms with Gasteiger partial charge in [0.2, 0.25) is 5.91 Å². The summed E-state index contributed by atoms with van der Waals surface area (Å²) in [7, 11) is 1.59. The summed E-state index contributed by atoms with van der Waals surface area (Å²) in [6.45, 7) is 6.99. The van der Waals surface area contributed by atoms with E-state index in [9.17, 15) is 14.4 Å². The zero-order valence-electron chi connectivity index (χ0n) is 14.7. The highest BCUT2D eigenvalue weighted by atomic mass is 16.2. The van der Waals surface area contributed by atoms with E-state index in [1.165, 1.54) is 4.90 Å². The maximum Gasteiger partial charge on any atom is 0.328 e. The molecule has 1 fully saturated rings. The fraction of sp³-hybridized carbons (Fsp3) is 0.500. The number of carbonyl (C=O) groups is 3. The number of amides is 4. The molecular weight excluding hydrogens is 306 g/mol.